The highest BCUT2D eigenvalue weighted by Gasteiger charge is 2.25. The monoisotopic (exact) mass is 759 g/mol. The van der Waals surface area contributed by atoms with Gasteiger partial charge in [0.15, 0.2) is 0 Å². The van der Waals surface area contributed by atoms with Gasteiger partial charge in [0, 0.05) is 38.5 Å². The first-order valence-electron chi connectivity index (χ1n) is 20.0. The number of aryl methyl sites for hydroxylation is 4. The van der Waals surface area contributed by atoms with Gasteiger partial charge in [-0.15, -0.1) is 0 Å². The van der Waals surface area contributed by atoms with Crippen LogP contribution in [-0.4, -0.2) is 4.57 Å². The predicted molar refractivity (Wildman–Crippen MR) is 245 cm³/mol. The average Bonchev–Trinajstić information content (AvgIpc) is 3.41. The topological polar surface area (TPSA) is 20.2 Å². The fraction of sp³-hybridized carbons (Fsp3) is 0.308. The summed E-state index contributed by atoms with van der Waals surface area (Å²) in [6.07, 6.45) is 0. The Kier molecular flexibility index (Phi) is 9.95. The predicted octanol–water partition coefficient (Wildman–Crippen LogP) is 15.8. The lowest BCUT2D eigenvalue weighted by atomic mass is 9.85. The molecule has 56 heavy (non-hydrogen) atoms. The van der Waals surface area contributed by atoms with E-state index in [9.17, 15) is 0 Å². The molecular weight excluding hydrogens is 702 g/mol. The molecule has 0 aliphatic carbocycles. The molecule has 0 spiro atoms. The van der Waals surface area contributed by atoms with E-state index in [1.165, 1.54) is 55.3 Å². The molecule has 0 aliphatic rings. The standard InChI is InChI=1S/C52H58ClN3/c1-32-16-14-17-33(2)48(32)56-46-23-20-37(51(8,9)10)29-45(46)44-22-21-40(31-47(44)56)54-41-26-38(52(11,12)13)28-43(30-41)55(49-34(3)24-39(53)25-35(49)4)42-19-15-18-36(27-42)50(5,6)7/h14-31,54H,1-13H3. The minimum absolute atomic E-state index is 0.00199. The summed E-state index contributed by atoms with van der Waals surface area (Å²) in [6, 6.07) is 40.6. The maximum atomic E-state index is 6.64. The molecule has 3 nitrogen and oxygen atoms in total. The van der Waals surface area contributed by atoms with Gasteiger partial charge >= 0.3 is 0 Å². The molecule has 0 saturated carbocycles. The third kappa shape index (κ3) is 7.47. The smallest absolute Gasteiger partial charge is 0.0561 e. The number of rotatable bonds is 6. The Balaban J connectivity index is 1.44. The number of hydrogen-bond acceptors (Lipinski definition) is 2. The second-order valence-corrected chi connectivity index (χ2v) is 19.4. The number of benzene rings is 6. The zero-order valence-electron chi connectivity index (χ0n) is 35.7. The summed E-state index contributed by atoms with van der Waals surface area (Å²) < 4.78 is 2.47. The fourth-order valence-corrected chi connectivity index (χ4v) is 8.48. The van der Waals surface area contributed by atoms with Crippen molar-refractivity contribution < 1.29 is 0 Å². The lowest BCUT2D eigenvalue weighted by molar-refractivity contribution is 0.590. The van der Waals surface area contributed by atoms with E-state index in [-0.39, 0.29) is 16.2 Å². The van der Waals surface area contributed by atoms with Gasteiger partial charge in [0.2, 0.25) is 0 Å². The molecule has 1 aromatic heterocycles. The summed E-state index contributed by atoms with van der Waals surface area (Å²) in [4.78, 5) is 2.42. The van der Waals surface area contributed by atoms with E-state index in [0.29, 0.717) is 0 Å². The third-order valence-corrected chi connectivity index (χ3v) is 11.5. The van der Waals surface area contributed by atoms with Crippen LogP contribution in [0.4, 0.5) is 28.4 Å². The number of anilines is 5. The Morgan fingerprint density at radius 1 is 0.482 bits per heavy atom. The van der Waals surface area contributed by atoms with E-state index in [2.05, 4.69) is 214 Å². The van der Waals surface area contributed by atoms with Crippen LogP contribution in [0.1, 0.15) is 101 Å². The van der Waals surface area contributed by atoms with Gasteiger partial charge in [0.05, 0.1) is 22.4 Å². The second kappa shape index (κ2) is 14.2. The SMILES string of the molecule is Cc1cc(Cl)cc(C)c1N(c1cccc(C(C)(C)C)c1)c1cc(Nc2ccc3c4cc(C(C)(C)C)ccc4n(-c4c(C)cccc4C)c3c2)cc(C(C)(C)C)c1. The largest absolute Gasteiger partial charge is 0.355 e. The highest BCUT2D eigenvalue weighted by molar-refractivity contribution is 6.30. The minimum atomic E-state index is -0.0983. The van der Waals surface area contributed by atoms with E-state index in [1.54, 1.807) is 0 Å². The van der Waals surface area contributed by atoms with Gasteiger partial charge in [-0.3, -0.25) is 0 Å². The van der Waals surface area contributed by atoms with Crippen molar-refractivity contribution in [1.82, 2.24) is 4.57 Å². The van der Waals surface area contributed by atoms with Crippen LogP contribution in [0.3, 0.4) is 0 Å². The van der Waals surface area contributed by atoms with Gasteiger partial charge in [-0.1, -0.05) is 116 Å². The highest BCUT2D eigenvalue weighted by Crippen LogP contribution is 2.44. The molecule has 288 valence electrons. The van der Waals surface area contributed by atoms with Crippen LogP contribution in [0.15, 0.2) is 109 Å². The first kappa shape index (κ1) is 39.3. The van der Waals surface area contributed by atoms with Crippen LogP contribution in [0.5, 0.6) is 0 Å². The van der Waals surface area contributed by atoms with Crippen molar-refractivity contribution >= 4 is 61.8 Å². The van der Waals surface area contributed by atoms with E-state index in [4.69, 9.17) is 11.6 Å². The zero-order valence-corrected chi connectivity index (χ0v) is 36.4. The highest BCUT2D eigenvalue weighted by atomic mass is 35.5. The lowest BCUT2D eigenvalue weighted by Gasteiger charge is -2.32. The molecule has 0 unspecified atom stereocenters. The third-order valence-electron chi connectivity index (χ3n) is 11.3. The maximum Gasteiger partial charge on any atom is 0.0561 e. The van der Waals surface area contributed by atoms with Crippen molar-refractivity contribution in [3.63, 3.8) is 0 Å². The molecule has 4 heteroatoms. The van der Waals surface area contributed by atoms with Crippen LogP contribution >= 0.6 is 11.6 Å². The summed E-state index contributed by atoms with van der Waals surface area (Å²) in [5.74, 6) is 0. The Hall–Kier alpha value is -4.99. The van der Waals surface area contributed by atoms with Crippen molar-refractivity contribution in [3.05, 3.63) is 153 Å². The van der Waals surface area contributed by atoms with Crippen molar-refractivity contribution in [2.24, 2.45) is 0 Å². The second-order valence-electron chi connectivity index (χ2n) is 19.0. The molecule has 0 aliphatic heterocycles. The first-order chi connectivity index (χ1) is 26.2. The molecule has 0 atom stereocenters. The summed E-state index contributed by atoms with van der Waals surface area (Å²) in [5.41, 5.74) is 17.7. The lowest BCUT2D eigenvalue weighted by Crippen LogP contribution is -2.18. The normalized spacial score (nSPS) is 12.5. The van der Waals surface area contributed by atoms with E-state index in [1.807, 2.05) is 0 Å². The van der Waals surface area contributed by atoms with Crippen LogP contribution in [0, 0.1) is 27.7 Å². The Morgan fingerprint density at radius 3 is 1.70 bits per heavy atom. The quantitative estimate of drug-likeness (QED) is 0.182. The van der Waals surface area contributed by atoms with Gasteiger partial charge in [-0.25, -0.2) is 0 Å². The van der Waals surface area contributed by atoms with Crippen LogP contribution in [-0.2, 0) is 16.2 Å². The van der Waals surface area contributed by atoms with Crippen LogP contribution in [0.2, 0.25) is 5.02 Å². The number of nitrogens with zero attached hydrogens (tertiary/aromatic N) is 2. The minimum Gasteiger partial charge on any atom is -0.355 e. The molecule has 7 rings (SSSR count). The van der Waals surface area contributed by atoms with Crippen LogP contribution < -0.4 is 10.2 Å². The van der Waals surface area contributed by atoms with Crippen molar-refractivity contribution in [3.8, 4) is 5.69 Å². The molecule has 1 N–H and O–H groups in total. The van der Waals surface area contributed by atoms with E-state index in [0.717, 1.165) is 44.6 Å². The number of hydrogen-bond donors (Lipinski definition) is 1. The maximum absolute atomic E-state index is 6.64. The molecule has 0 bridgehead atoms. The molecular formula is C52H58ClN3. The van der Waals surface area contributed by atoms with E-state index < -0.39 is 0 Å². The molecule has 6 aromatic carbocycles. The van der Waals surface area contributed by atoms with Gasteiger partial charge < -0.3 is 14.8 Å². The van der Waals surface area contributed by atoms with Crippen molar-refractivity contribution in [2.75, 3.05) is 10.2 Å². The molecule has 0 saturated heterocycles. The van der Waals surface area contributed by atoms with Gasteiger partial charge in [-0.05, 0) is 150 Å². The Labute approximate surface area is 340 Å². The number of para-hydroxylation sites is 1. The van der Waals surface area contributed by atoms with Gasteiger partial charge in [0.25, 0.3) is 0 Å². The van der Waals surface area contributed by atoms with Crippen LogP contribution in [0.25, 0.3) is 27.5 Å². The molecule has 7 aromatic rings. The first-order valence-corrected chi connectivity index (χ1v) is 20.3. The summed E-state index contributed by atoms with van der Waals surface area (Å²) in [6.45, 7) is 29.3. The fourth-order valence-electron chi connectivity index (χ4n) is 8.15. The Bertz CT molecular complexity index is 2580. The number of halogens is 1. The average molecular weight is 761 g/mol. The Morgan fingerprint density at radius 2 is 1.07 bits per heavy atom. The summed E-state index contributed by atoms with van der Waals surface area (Å²) in [5, 5.41) is 7.19. The zero-order chi connectivity index (χ0) is 40.5. The number of nitrogens with one attached hydrogen (secondary N) is 1. The number of fused-ring (bicyclic) bond motifs is 3. The van der Waals surface area contributed by atoms with Gasteiger partial charge in [-0.2, -0.15) is 0 Å². The van der Waals surface area contributed by atoms with Crippen molar-refractivity contribution in [1.29, 1.82) is 0 Å². The molecule has 0 amide bonds. The summed E-state index contributed by atoms with van der Waals surface area (Å²) >= 11 is 6.64. The summed E-state index contributed by atoms with van der Waals surface area (Å²) in [7, 11) is 0. The molecule has 0 radical (unpaired) electrons. The van der Waals surface area contributed by atoms with Crippen molar-refractivity contribution in [2.45, 2.75) is 106 Å². The molecule has 0 fully saturated rings. The van der Waals surface area contributed by atoms with Gasteiger partial charge in [0.1, 0.15) is 0 Å². The number of aromatic nitrogens is 1. The van der Waals surface area contributed by atoms with E-state index >= 15 is 0 Å². The molecule has 1 heterocycles.